The van der Waals surface area contributed by atoms with E-state index in [1.807, 2.05) is 24.3 Å². The second-order valence-electron chi connectivity index (χ2n) is 2.40. The van der Waals surface area contributed by atoms with Crippen molar-refractivity contribution in [2.45, 2.75) is 13.3 Å². The lowest BCUT2D eigenvalue weighted by Crippen LogP contribution is -1.84. The Morgan fingerprint density at radius 3 is 2.82 bits per heavy atom. The van der Waals surface area contributed by atoms with Crippen molar-refractivity contribution in [2.75, 3.05) is 0 Å². The van der Waals surface area contributed by atoms with Crippen molar-refractivity contribution in [2.24, 2.45) is 0 Å². The Balaban J connectivity index is 3.16. The Labute approximate surface area is 72.5 Å². The van der Waals surface area contributed by atoms with Gasteiger partial charge in [0.05, 0.1) is 0 Å². The van der Waals surface area contributed by atoms with Gasteiger partial charge in [0.1, 0.15) is 0 Å². The molecule has 0 unspecified atom stereocenters. The molecule has 1 aromatic carbocycles. The van der Waals surface area contributed by atoms with Crippen LogP contribution in [-0.2, 0) is 6.42 Å². The molecule has 0 nitrogen and oxygen atoms in total. The molecule has 1 aromatic rings. The van der Waals surface area contributed by atoms with Gasteiger partial charge < -0.3 is 0 Å². The first kappa shape index (κ1) is 8.35. The molecule has 0 saturated carbocycles. The standard InChI is InChI=1S/C10H11Cl/c1-3-8-5-6-10(11)7-9(8)4-2/h4-7H,2-3H2,1H3. The fourth-order valence-electron chi connectivity index (χ4n) is 1.08. The summed E-state index contributed by atoms with van der Waals surface area (Å²) < 4.78 is 0. The fraction of sp³-hybridized carbons (Fsp3) is 0.200. The normalized spacial score (nSPS) is 9.64. The van der Waals surface area contributed by atoms with Crippen LogP contribution < -0.4 is 0 Å². The van der Waals surface area contributed by atoms with Crippen LogP contribution in [0.4, 0.5) is 0 Å². The van der Waals surface area contributed by atoms with E-state index in [0.717, 1.165) is 17.0 Å². The summed E-state index contributed by atoms with van der Waals surface area (Å²) in [7, 11) is 0. The monoisotopic (exact) mass is 166 g/mol. The molecular formula is C10H11Cl. The smallest absolute Gasteiger partial charge is 0.0412 e. The molecule has 0 aromatic heterocycles. The maximum atomic E-state index is 5.80. The summed E-state index contributed by atoms with van der Waals surface area (Å²) in [6.45, 7) is 5.84. The van der Waals surface area contributed by atoms with Gasteiger partial charge in [0.15, 0.2) is 0 Å². The summed E-state index contributed by atoms with van der Waals surface area (Å²) >= 11 is 5.80. The summed E-state index contributed by atoms with van der Waals surface area (Å²) in [5.74, 6) is 0. The third-order valence-electron chi connectivity index (χ3n) is 1.71. The molecule has 0 aliphatic rings. The van der Waals surface area contributed by atoms with Crippen molar-refractivity contribution in [3.63, 3.8) is 0 Å². The maximum absolute atomic E-state index is 5.80. The molecule has 0 N–H and O–H groups in total. The lowest BCUT2D eigenvalue weighted by molar-refractivity contribution is 1.13. The van der Waals surface area contributed by atoms with Crippen LogP contribution in [0.15, 0.2) is 24.8 Å². The second-order valence-corrected chi connectivity index (χ2v) is 2.84. The van der Waals surface area contributed by atoms with Gasteiger partial charge in [-0.2, -0.15) is 0 Å². The Bertz CT molecular complexity index is 264. The van der Waals surface area contributed by atoms with E-state index in [-0.39, 0.29) is 0 Å². The molecule has 0 atom stereocenters. The van der Waals surface area contributed by atoms with Crippen molar-refractivity contribution in [3.05, 3.63) is 40.9 Å². The van der Waals surface area contributed by atoms with Crippen LogP contribution in [0.2, 0.25) is 5.02 Å². The van der Waals surface area contributed by atoms with Crippen LogP contribution in [0.1, 0.15) is 18.1 Å². The van der Waals surface area contributed by atoms with Crippen LogP contribution in [-0.4, -0.2) is 0 Å². The summed E-state index contributed by atoms with van der Waals surface area (Å²) in [4.78, 5) is 0. The van der Waals surface area contributed by atoms with E-state index in [0.29, 0.717) is 0 Å². The predicted molar refractivity (Wildman–Crippen MR) is 50.9 cm³/mol. The average molecular weight is 167 g/mol. The highest BCUT2D eigenvalue weighted by Gasteiger charge is 1.96. The lowest BCUT2D eigenvalue weighted by atomic mass is 10.1. The number of benzene rings is 1. The van der Waals surface area contributed by atoms with Crippen LogP contribution in [0.5, 0.6) is 0 Å². The molecule has 11 heavy (non-hydrogen) atoms. The number of hydrogen-bond donors (Lipinski definition) is 0. The van der Waals surface area contributed by atoms with Crippen LogP contribution >= 0.6 is 11.6 Å². The largest absolute Gasteiger partial charge is 0.0985 e. The van der Waals surface area contributed by atoms with Crippen molar-refractivity contribution in [1.82, 2.24) is 0 Å². The third-order valence-corrected chi connectivity index (χ3v) is 1.94. The summed E-state index contributed by atoms with van der Waals surface area (Å²) in [5, 5.41) is 0.775. The van der Waals surface area contributed by atoms with Gasteiger partial charge in [-0.3, -0.25) is 0 Å². The van der Waals surface area contributed by atoms with E-state index >= 15 is 0 Å². The quantitative estimate of drug-likeness (QED) is 0.631. The SMILES string of the molecule is C=Cc1cc(Cl)ccc1CC. The van der Waals surface area contributed by atoms with Gasteiger partial charge >= 0.3 is 0 Å². The van der Waals surface area contributed by atoms with Gasteiger partial charge in [0, 0.05) is 5.02 Å². The van der Waals surface area contributed by atoms with E-state index in [2.05, 4.69) is 13.5 Å². The molecule has 0 radical (unpaired) electrons. The van der Waals surface area contributed by atoms with E-state index in [1.165, 1.54) is 5.56 Å². The molecule has 0 saturated heterocycles. The molecule has 0 spiro atoms. The summed E-state index contributed by atoms with van der Waals surface area (Å²) in [6.07, 6.45) is 2.86. The van der Waals surface area contributed by atoms with E-state index in [4.69, 9.17) is 11.6 Å². The zero-order valence-corrected chi connectivity index (χ0v) is 7.36. The number of halogens is 1. The minimum atomic E-state index is 0.775. The number of rotatable bonds is 2. The predicted octanol–water partition coefficient (Wildman–Crippen LogP) is 3.55. The number of hydrogen-bond acceptors (Lipinski definition) is 0. The van der Waals surface area contributed by atoms with Gasteiger partial charge in [0.2, 0.25) is 0 Å². The summed E-state index contributed by atoms with van der Waals surface area (Å²) in [5.41, 5.74) is 2.43. The molecule has 0 heterocycles. The van der Waals surface area contributed by atoms with E-state index < -0.39 is 0 Å². The highest BCUT2D eigenvalue weighted by atomic mass is 35.5. The highest BCUT2D eigenvalue weighted by Crippen LogP contribution is 2.17. The van der Waals surface area contributed by atoms with Gasteiger partial charge in [-0.05, 0) is 29.7 Å². The van der Waals surface area contributed by atoms with Gasteiger partial charge in [-0.1, -0.05) is 37.2 Å². The first-order valence-corrected chi connectivity index (χ1v) is 4.06. The molecule has 1 heteroatoms. The van der Waals surface area contributed by atoms with Crippen molar-refractivity contribution < 1.29 is 0 Å². The molecule has 1 rings (SSSR count). The van der Waals surface area contributed by atoms with Crippen LogP contribution in [0.3, 0.4) is 0 Å². The molecule has 0 aliphatic carbocycles. The Morgan fingerprint density at radius 1 is 1.55 bits per heavy atom. The molecule has 0 amide bonds. The highest BCUT2D eigenvalue weighted by molar-refractivity contribution is 6.30. The van der Waals surface area contributed by atoms with Gasteiger partial charge in [0.25, 0.3) is 0 Å². The zero-order valence-electron chi connectivity index (χ0n) is 6.60. The van der Waals surface area contributed by atoms with Crippen molar-refractivity contribution in [1.29, 1.82) is 0 Å². The minimum absolute atomic E-state index is 0.775. The fourth-order valence-corrected chi connectivity index (χ4v) is 1.26. The van der Waals surface area contributed by atoms with Crippen molar-refractivity contribution in [3.8, 4) is 0 Å². The average Bonchev–Trinajstić information content (AvgIpc) is 2.04. The minimum Gasteiger partial charge on any atom is -0.0985 e. The molecular weight excluding hydrogens is 156 g/mol. The Hall–Kier alpha value is -0.750. The molecule has 0 fully saturated rings. The zero-order chi connectivity index (χ0) is 8.27. The van der Waals surface area contributed by atoms with E-state index in [9.17, 15) is 0 Å². The second kappa shape index (κ2) is 3.59. The Kier molecular flexibility index (Phi) is 2.72. The van der Waals surface area contributed by atoms with E-state index in [1.54, 1.807) is 0 Å². The first-order chi connectivity index (χ1) is 5.27. The maximum Gasteiger partial charge on any atom is 0.0412 e. The lowest BCUT2D eigenvalue weighted by Gasteiger charge is -2.02. The topological polar surface area (TPSA) is 0 Å². The molecule has 0 aliphatic heterocycles. The molecule has 0 bridgehead atoms. The summed E-state index contributed by atoms with van der Waals surface area (Å²) in [6, 6.07) is 5.89. The van der Waals surface area contributed by atoms with Gasteiger partial charge in [-0.15, -0.1) is 0 Å². The first-order valence-electron chi connectivity index (χ1n) is 3.68. The Morgan fingerprint density at radius 2 is 2.27 bits per heavy atom. The van der Waals surface area contributed by atoms with Crippen LogP contribution in [0.25, 0.3) is 6.08 Å². The van der Waals surface area contributed by atoms with Gasteiger partial charge in [-0.25, -0.2) is 0 Å². The van der Waals surface area contributed by atoms with Crippen molar-refractivity contribution >= 4 is 17.7 Å². The number of aryl methyl sites for hydroxylation is 1. The third kappa shape index (κ3) is 1.84. The molecule has 58 valence electrons. The van der Waals surface area contributed by atoms with Crippen LogP contribution in [0, 0.1) is 0 Å².